The third-order valence-corrected chi connectivity index (χ3v) is 6.20. The number of aromatic nitrogens is 2. The quantitative estimate of drug-likeness (QED) is 0.314. The highest BCUT2D eigenvalue weighted by Gasteiger charge is 2.34. The van der Waals surface area contributed by atoms with Crippen molar-refractivity contribution < 1.29 is 29.4 Å². The van der Waals surface area contributed by atoms with Gasteiger partial charge in [-0.2, -0.15) is 4.98 Å². The Kier molecular flexibility index (Phi) is 7.69. The van der Waals surface area contributed by atoms with Crippen molar-refractivity contribution in [1.82, 2.24) is 20.4 Å². The van der Waals surface area contributed by atoms with Gasteiger partial charge >= 0.3 is 12.0 Å². The first-order valence-electron chi connectivity index (χ1n) is 11.7. The number of hydrogen-bond donors (Lipinski definition) is 5. The lowest BCUT2D eigenvalue weighted by Crippen LogP contribution is -2.51. The number of carboxylic acid groups (broad SMARTS) is 1. The van der Waals surface area contributed by atoms with Gasteiger partial charge in [-0.15, -0.1) is 0 Å². The number of aromatic hydroxyl groups is 2. The lowest BCUT2D eigenvalue weighted by Gasteiger charge is -2.34. The Morgan fingerprint density at radius 2 is 1.64 bits per heavy atom. The number of piperidine rings is 1. The summed E-state index contributed by atoms with van der Waals surface area (Å²) in [6.07, 6.45) is 2.71. The van der Waals surface area contributed by atoms with E-state index in [1.807, 2.05) is 0 Å². The molecular formula is C25H29N5O6. The lowest BCUT2D eigenvalue weighted by molar-refractivity contribution is -0.139. The summed E-state index contributed by atoms with van der Waals surface area (Å²) in [5.74, 6) is -0.359. The molecule has 6 N–H and O–H groups in total. The second-order valence-corrected chi connectivity index (χ2v) is 8.88. The molecule has 0 saturated carbocycles. The average Bonchev–Trinajstić information content (AvgIpc) is 3.37. The second-order valence-electron chi connectivity index (χ2n) is 8.88. The number of rotatable bonds is 8. The Balaban J connectivity index is 1.44. The maximum Gasteiger partial charge on any atom is 0.326 e. The number of nitrogens with two attached hydrogens (primary N) is 1. The van der Waals surface area contributed by atoms with Gasteiger partial charge in [0.1, 0.15) is 23.6 Å². The number of urea groups is 1. The second kappa shape index (κ2) is 11.1. The van der Waals surface area contributed by atoms with Crippen LogP contribution in [0.4, 0.5) is 4.79 Å². The number of aliphatic carboxylic acids is 1. The van der Waals surface area contributed by atoms with Gasteiger partial charge in [-0.05, 0) is 61.1 Å². The molecule has 0 unspecified atom stereocenters. The van der Waals surface area contributed by atoms with Crippen LogP contribution in [0.25, 0.3) is 0 Å². The molecule has 1 aromatic heterocycles. The molecule has 0 radical (unpaired) electrons. The summed E-state index contributed by atoms with van der Waals surface area (Å²) in [5, 5.41) is 35.2. The van der Waals surface area contributed by atoms with Gasteiger partial charge in [0.25, 0.3) is 0 Å². The van der Waals surface area contributed by atoms with Crippen molar-refractivity contribution in [3.8, 4) is 11.5 Å². The Morgan fingerprint density at radius 3 is 2.25 bits per heavy atom. The smallest absolute Gasteiger partial charge is 0.326 e. The van der Waals surface area contributed by atoms with Crippen LogP contribution in [-0.4, -0.2) is 54.9 Å². The number of phenolic OH excluding ortho intramolecular Hbond substituents is 2. The standard InChI is InChI=1S/C25H29N5O6/c26-19(13-15-4-8-17(31)9-5-15)22-28-23(36-29-22)21-3-1-2-12-30(21)25(35)27-20(24(33)34)14-16-6-10-18(32)11-7-16/h4-11,19-21,31-32H,1-3,12-14,26H2,(H,27,35)(H,33,34)/t19-,20-,21-/m0/s1. The summed E-state index contributed by atoms with van der Waals surface area (Å²) in [5.41, 5.74) is 7.83. The van der Waals surface area contributed by atoms with Crippen molar-refractivity contribution in [3.63, 3.8) is 0 Å². The molecule has 3 atom stereocenters. The third-order valence-electron chi connectivity index (χ3n) is 6.20. The normalized spacial score (nSPS) is 17.4. The van der Waals surface area contributed by atoms with Crippen molar-refractivity contribution in [3.05, 3.63) is 71.4 Å². The summed E-state index contributed by atoms with van der Waals surface area (Å²) < 4.78 is 5.48. The van der Waals surface area contributed by atoms with E-state index in [1.165, 1.54) is 17.0 Å². The maximum absolute atomic E-state index is 13.1. The summed E-state index contributed by atoms with van der Waals surface area (Å²) >= 11 is 0. The molecule has 3 aromatic rings. The average molecular weight is 496 g/mol. The van der Waals surface area contributed by atoms with Crippen LogP contribution in [0.1, 0.15) is 54.2 Å². The van der Waals surface area contributed by atoms with Crippen molar-refractivity contribution in [2.75, 3.05) is 6.54 Å². The molecule has 11 heteroatoms. The highest BCUT2D eigenvalue weighted by molar-refractivity contribution is 5.83. The molecule has 1 aliphatic heterocycles. The monoisotopic (exact) mass is 495 g/mol. The molecule has 0 spiro atoms. The van der Waals surface area contributed by atoms with Gasteiger partial charge in [-0.3, -0.25) is 0 Å². The van der Waals surface area contributed by atoms with E-state index in [0.29, 0.717) is 30.8 Å². The highest BCUT2D eigenvalue weighted by atomic mass is 16.5. The van der Waals surface area contributed by atoms with E-state index >= 15 is 0 Å². The first-order chi connectivity index (χ1) is 17.3. The van der Waals surface area contributed by atoms with Crippen molar-refractivity contribution in [1.29, 1.82) is 0 Å². The molecule has 11 nitrogen and oxygen atoms in total. The number of benzene rings is 2. The minimum absolute atomic E-state index is 0.0662. The fraction of sp³-hybridized carbons (Fsp3) is 0.360. The Hall–Kier alpha value is -4.12. The predicted octanol–water partition coefficient (Wildman–Crippen LogP) is 2.66. The van der Waals surface area contributed by atoms with Crippen LogP contribution in [0.5, 0.6) is 11.5 Å². The first-order valence-corrected chi connectivity index (χ1v) is 11.7. The lowest BCUT2D eigenvalue weighted by atomic mass is 10.0. The number of amides is 2. The summed E-state index contributed by atoms with van der Waals surface area (Å²) in [6.45, 7) is 0.416. The summed E-state index contributed by atoms with van der Waals surface area (Å²) in [6, 6.07) is 10.1. The van der Waals surface area contributed by atoms with Crippen LogP contribution in [0, 0.1) is 0 Å². The van der Waals surface area contributed by atoms with Crippen LogP contribution in [0.2, 0.25) is 0 Å². The molecule has 0 aliphatic carbocycles. The van der Waals surface area contributed by atoms with Crippen molar-refractivity contribution in [2.45, 2.75) is 50.2 Å². The molecule has 190 valence electrons. The van der Waals surface area contributed by atoms with Crippen LogP contribution >= 0.6 is 0 Å². The zero-order chi connectivity index (χ0) is 25.7. The number of carbonyl (C=O) groups excluding carboxylic acids is 1. The topological polar surface area (TPSA) is 175 Å². The van der Waals surface area contributed by atoms with E-state index in [9.17, 15) is 24.9 Å². The van der Waals surface area contributed by atoms with E-state index in [2.05, 4.69) is 15.5 Å². The Morgan fingerprint density at radius 1 is 1.03 bits per heavy atom. The van der Waals surface area contributed by atoms with Crippen molar-refractivity contribution >= 4 is 12.0 Å². The number of likely N-dealkylation sites (tertiary alicyclic amines) is 1. The number of nitrogens with one attached hydrogen (secondary N) is 1. The van der Waals surface area contributed by atoms with Gasteiger partial charge in [-0.25, -0.2) is 9.59 Å². The van der Waals surface area contributed by atoms with Crippen LogP contribution in [0.15, 0.2) is 53.1 Å². The molecule has 36 heavy (non-hydrogen) atoms. The van der Waals surface area contributed by atoms with Gasteiger partial charge in [0, 0.05) is 13.0 Å². The van der Waals surface area contributed by atoms with E-state index < -0.39 is 30.1 Å². The van der Waals surface area contributed by atoms with Gasteiger partial charge in [0.15, 0.2) is 5.82 Å². The summed E-state index contributed by atoms with van der Waals surface area (Å²) in [7, 11) is 0. The molecule has 1 fully saturated rings. The Labute approximate surface area is 207 Å². The van der Waals surface area contributed by atoms with Crippen LogP contribution < -0.4 is 11.1 Å². The maximum atomic E-state index is 13.1. The third kappa shape index (κ3) is 6.11. The number of carboxylic acids is 1. The number of hydrogen-bond acceptors (Lipinski definition) is 8. The van der Waals surface area contributed by atoms with E-state index in [0.717, 1.165) is 18.4 Å². The van der Waals surface area contributed by atoms with E-state index in [4.69, 9.17) is 10.3 Å². The molecule has 2 aromatic carbocycles. The number of carbonyl (C=O) groups is 2. The fourth-order valence-electron chi connectivity index (χ4n) is 4.24. The van der Waals surface area contributed by atoms with Gasteiger partial charge < -0.3 is 35.8 Å². The number of nitrogens with zero attached hydrogens (tertiary/aromatic N) is 3. The van der Waals surface area contributed by atoms with Crippen molar-refractivity contribution in [2.24, 2.45) is 5.73 Å². The first kappa shape index (κ1) is 25.0. The highest BCUT2D eigenvalue weighted by Crippen LogP contribution is 2.31. The SMILES string of the molecule is N[C@@H](Cc1ccc(O)cc1)c1noc([C@@H]2CCCCN2C(=O)N[C@@H](Cc2ccc(O)cc2)C(=O)O)n1. The molecule has 1 saturated heterocycles. The fourth-order valence-corrected chi connectivity index (χ4v) is 4.24. The molecule has 1 aliphatic rings. The summed E-state index contributed by atoms with van der Waals surface area (Å²) in [4.78, 5) is 30.9. The Bertz CT molecular complexity index is 1180. The van der Waals surface area contributed by atoms with Gasteiger partial charge in [-0.1, -0.05) is 29.4 Å². The zero-order valence-corrected chi connectivity index (χ0v) is 19.6. The number of phenols is 2. The molecule has 2 heterocycles. The van der Waals surface area contributed by atoms with Crippen LogP contribution in [0.3, 0.4) is 0 Å². The van der Waals surface area contributed by atoms with E-state index in [-0.39, 0.29) is 23.8 Å². The predicted molar refractivity (Wildman–Crippen MR) is 128 cm³/mol. The minimum Gasteiger partial charge on any atom is -0.508 e. The molecule has 2 amide bonds. The largest absolute Gasteiger partial charge is 0.508 e. The van der Waals surface area contributed by atoms with Gasteiger partial charge in [0.2, 0.25) is 5.89 Å². The molecule has 4 rings (SSSR count). The molecule has 0 bridgehead atoms. The minimum atomic E-state index is -1.16. The zero-order valence-electron chi connectivity index (χ0n) is 19.6. The van der Waals surface area contributed by atoms with Crippen LogP contribution in [-0.2, 0) is 17.6 Å². The van der Waals surface area contributed by atoms with Gasteiger partial charge in [0.05, 0.1) is 6.04 Å². The van der Waals surface area contributed by atoms with E-state index in [1.54, 1.807) is 36.4 Å². The molecular weight excluding hydrogens is 466 g/mol.